The number of benzene rings is 3. The highest BCUT2D eigenvalue weighted by Gasteiger charge is 2.28. The molecule has 2 amide bonds. The third-order valence-electron chi connectivity index (χ3n) is 5.10. The summed E-state index contributed by atoms with van der Waals surface area (Å²) in [6, 6.07) is 21.3. The lowest BCUT2D eigenvalue weighted by Gasteiger charge is -2.22. The van der Waals surface area contributed by atoms with E-state index in [2.05, 4.69) is 10.6 Å². The molecule has 0 spiro atoms. The average molecular weight is 464 g/mol. The van der Waals surface area contributed by atoms with Gasteiger partial charge in [-0.2, -0.15) is 0 Å². The number of ether oxygens (including phenoxy) is 1. The average Bonchev–Trinajstić information content (AvgIpc) is 2.84. The molecular formula is C26H25FN2O5. The molecule has 0 aliphatic rings. The Morgan fingerprint density at radius 1 is 0.765 bits per heavy atom. The minimum Gasteiger partial charge on any atom is -0.480 e. The number of nitrogens with one attached hydrogen (secondary N) is 2. The Bertz CT molecular complexity index is 1110. The maximum Gasteiger partial charge on any atom is 0.408 e. The Hall–Kier alpha value is -4.20. The SMILES string of the molecule is O=C(N[C@@H](Cc1ccccc1)C(=O)N[C@H](Cc1ccccc1F)C(=O)O)OCc1ccccc1. The predicted octanol–water partition coefficient (Wildman–Crippen LogP) is 3.48. The van der Waals surface area contributed by atoms with E-state index in [4.69, 9.17) is 4.74 Å². The largest absolute Gasteiger partial charge is 0.480 e. The fourth-order valence-electron chi connectivity index (χ4n) is 3.32. The molecule has 34 heavy (non-hydrogen) atoms. The molecule has 0 bridgehead atoms. The molecule has 0 radical (unpaired) electrons. The second-order valence-electron chi connectivity index (χ2n) is 7.64. The maximum atomic E-state index is 14.0. The van der Waals surface area contributed by atoms with Crippen molar-refractivity contribution >= 4 is 18.0 Å². The molecule has 176 valence electrons. The normalized spacial score (nSPS) is 12.3. The van der Waals surface area contributed by atoms with Gasteiger partial charge in [-0.1, -0.05) is 78.9 Å². The van der Waals surface area contributed by atoms with E-state index >= 15 is 0 Å². The van der Waals surface area contributed by atoms with Gasteiger partial charge in [0.05, 0.1) is 0 Å². The Morgan fingerprint density at radius 2 is 1.35 bits per heavy atom. The molecule has 2 atom stereocenters. The van der Waals surface area contributed by atoms with E-state index in [-0.39, 0.29) is 25.0 Å². The van der Waals surface area contributed by atoms with Crippen LogP contribution < -0.4 is 10.6 Å². The molecule has 7 nitrogen and oxygen atoms in total. The fraction of sp³-hybridized carbons (Fsp3) is 0.192. The topological polar surface area (TPSA) is 105 Å². The highest BCUT2D eigenvalue weighted by Crippen LogP contribution is 2.11. The summed E-state index contributed by atoms with van der Waals surface area (Å²) in [5.41, 5.74) is 1.69. The van der Waals surface area contributed by atoms with Crippen LogP contribution >= 0.6 is 0 Å². The lowest BCUT2D eigenvalue weighted by Crippen LogP contribution is -2.53. The summed E-state index contributed by atoms with van der Waals surface area (Å²) < 4.78 is 19.2. The molecule has 0 saturated carbocycles. The van der Waals surface area contributed by atoms with Crippen LogP contribution in [-0.2, 0) is 33.8 Å². The van der Waals surface area contributed by atoms with Gasteiger partial charge in [0.15, 0.2) is 0 Å². The van der Waals surface area contributed by atoms with Crippen molar-refractivity contribution in [1.82, 2.24) is 10.6 Å². The van der Waals surface area contributed by atoms with Crippen molar-refractivity contribution in [3.05, 3.63) is 107 Å². The Balaban J connectivity index is 1.70. The second kappa shape index (κ2) is 12.2. The first kappa shape index (κ1) is 24.4. The highest BCUT2D eigenvalue weighted by atomic mass is 19.1. The van der Waals surface area contributed by atoms with Crippen molar-refractivity contribution in [2.45, 2.75) is 31.5 Å². The van der Waals surface area contributed by atoms with Crippen LogP contribution in [0.5, 0.6) is 0 Å². The Labute approximate surface area is 196 Å². The monoisotopic (exact) mass is 464 g/mol. The molecule has 3 rings (SSSR count). The lowest BCUT2D eigenvalue weighted by molar-refractivity contribution is -0.142. The van der Waals surface area contributed by atoms with Crippen molar-refractivity contribution in [2.24, 2.45) is 0 Å². The van der Waals surface area contributed by atoms with E-state index in [1.807, 2.05) is 24.3 Å². The van der Waals surface area contributed by atoms with Crippen molar-refractivity contribution in [3.63, 3.8) is 0 Å². The standard InChI is InChI=1S/C26H25FN2O5/c27-21-14-8-7-13-20(21)16-23(25(31)32)28-24(30)22(15-18-9-3-1-4-10-18)29-26(33)34-17-19-11-5-2-6-12-19/h1-14,22-23H,15-17H2,(H,28,30)(H,29,33)(H,31,32)/t22-,23+/m0/s1. The van der Waals surface area contributed by atoms with Gasteiger partial charge in [-0.15, -0.1) is 0 Å². The number of hydrogen-bond acceptors (Lipinski definition) is 4. The van der Waals surface area contributed by atoms with Crippen molar-refractivity contribution in [2.75, 3.05) is 0 Å². The fourth-order valence-corrected chi connectivity index (χ4v) is 3.32. The molecule has 0 saturated heterocycles. The molecular weight excluding hydrogens is 439 g/mol. The smallest absolute Gasteiger partial charge is 0.408 e. The first-order chi connectivity index (χ1) is 16.4. The van der Waals surface area contributed by atoms with Crippen LogP contribution in [0.4, 0.5) is 9.18 Å². The zero-order chi connectivity index (χ0) is 24.3. The van der Waals surface area contributed by atoms with Gasteiger partial charge in [0.2, 0.25) is 5.91 Å². The number of hydrogen-bond donors (Lipinski definition) is 3. The van der Waals surface area contributed by atoms with Gasteiger partial charge in [-0.25, -0.2) is 14.0 Å². The van der Waals surface area contributed by atoms with Crippen LogP contribution in [0, 0.1) is 5.82 Å². The summed E-state index contributed by atoms with van der Waals surface area (Å²) >= 11 is 0. The van der Waals surface area contributed by atoms with Gasteiger partial charge in [0.25, 0.3) is 0 Å². The zero-order valence-corrected chi connectivity index (χ0v) is 18.3. The molecule has 0 aromatic heterocycles. The van der Waals surface area contributed by atoms with E-state index < -0.39 is 35.9 Å². The summed E-state index contributed by atoms with van der Waals surface area (Å²) in [6.07, 6.45) is -0.954. The van der Waals surface area contributed by atoms with Crippen molar-refractivity contribution in [3.8, 4) is 0 Å². The van der Waals surface area contributed by atoms with Gasteiger partial charge < -0.3 is 20.5 Å². The van der Waals surface area contributed by atoms with E-state index in [0.29, 0.717) is 0 Å². The molecule has 0 unspecified atom stereocenters. The van der Waals surface area contributed by atoms with Crippen molar-refractivity contribution in [1.29, 1.82) is 0 Å². The maximum absolute atomic E-state index is 14.0. The quantitative estimate of drug-likeness (QED) is 0.426. The number of carbonyl (C=O) groups is 3. The number of carbonyl (C=O) groups excluding carboxylic acids is 2. The number of aliphatic carboxylic acids is 1. The third kappa shape index (κ3) is 7.44. The number of carboxylic acids is 1. The highest BCUT2D eigenvalue weighted by molar-refractivity contribution is 5.89. The van der Waals surface area contributed by atoms with Crippen LogP contribution in [-0.4, -0.2) is 35.2 Å². The second-order valence-corrected chi connectivity index (χ2v) is 7.64. The number of alkyl carbamates (subject to hydrolysis) is 1. The van der Waals surface area contributed by atoms with Gasteiger partial charge in [-0.3, -0.25) is 4.79 Å². The molecule has 0 heterocycles. The summed E-state index contributed by atoms with van der Waals surface area (Å²) in [4.78, 5) is 37.2. The van der Waals surface area contributed by atoms with Crippen LogP contribution in [0.25, 0.3) is 0 Å². The molecule has 0 fully saturated rings. The molecule has 3 N–H and O–H groups in total. The van der Waals surface area contributed by atoms with E-state index in [0.717, 1.165) is 11.1 Å². The minimum absolute atomic E-state index is 0.0113. The molecule has 0 aliphatic heterocycles. The van der Waals surface area contributed by atoms with E-state index in [9.17, 15) is 23.9 Å². The summed E-state index contributed by atoms with van der Waals surface area (Å²) in [7, 11) is 0. The first-order valence-corrected chi connectivity index (χ1v) is 10.7. The number of amides is 2. The number of carboxylic acid groups (broad SMARTS) is 1. The molecule has 0 aliphatic carbocycles. The third-order valence-corrected chi connectivity index (χ3v) is 5.10. The Kier molecular flexibility index (Phi) is 8.73. The summed E-state index contributed by atoms with van der Waals surface area (Å²) in [6.45, 7) is 0.0113. The van der Waals surface area contributed by atoms with Gasteiger partial charge in [0, 0.05) is 12.8 Å². The molecule has 8 heteroatoms. The van der Waals surface area contributed by atoms with Gasteiger partial charge in [0.1, 0.15) is 24.5 Å². The van der Waals surface area contributed by atoms with E-state index in [1.54, 1.807) is 42.5 Å². The number of rotatable bonds is 10. The van der Waals surface area contributed by atoms with Gasteiger partial charge >= 0.3 is 12.1 Å². The number of halogens is 1. The predicted molar refractivity (Wildman–Crippen MR) is 123 cm³/mol. The first-order valence-electron chi connectivity index (χ1n) is 10.7. The van der Waals surface area contributed by atoms with Crippen LogP contribution in [0.1, 0.15) is 16.7 Å². The summed E-state index contributed by atoms with van der Waals surface area (Å²) in [5, 5.41) is 14.5. The zero-order valence-electron chi connectivity index (χ0n) is 18.3. The van der Waals surface area contributed by atoms with Crippen LogP contribution in [0.3, 0.4) is 0 Å². The molecule has 3 aromatic carbocycles. The lowest BCUT2D eigenvalue weighted by atomic mass is 10.0. The van der Waals surface area contributed by atoms with Crippen molar-refractivity contribution < 1.29 is 28.6 Å². The Morgan fingerprint density at radius 3 is 1.97 bits per heavy atom. The minimum atomic E-state index is -1.38. The molecule has 3 aromatic rings. The van der Waals surface area contributed by atoms with E-state index in [1.165, 1.54) is 18.2 Å². The summed E-state index contributed by atoms with van der Waals surface area (Å²) in [5.74, 6) is -2.60. The van der Waals surface area contributed by atoms with Crippen LogP contribution in [0.2, 0.25) is 0 Å². The van der Waals surface area contributed by atoms with Gasteiger partial charge in [-0.05, 0) is 22.8 Å². The van der Waals surface area contributed by atoms with Crippen LogP contribution in [0.15, 0.2) is 84.9 Å².